The predicted octanol–water partition coefficient (Wildman–Crippen LogP) is 1.02. The Labute approximate surface area is 98.4 Å². The van der Waals surface area contributed by atoms with E-state index in [1.54, 1.807) is 16.7 Å². The van der Waals surface area contributed by atoms with Crippen LogP contribution in [0.2, 0.25) is 0 Å². The van der Waals surface area contributed by atoms with Gasteiger partial charge in [0, 0.05) is 11.7 Å². The van der Waals surface area contributed by atoms with Gasteiger partial charge in [0.2, 0.25) is 5.91 Å². The molecule has 1 aliphatic heterocycles. The minimum Gasteiger partial charge on any atom is -0.480 e. The molecule has 3 atom stereocenters. The van der Waals surface area contributed by atoms with Crippen molar-refractivity contribution in [1.29, 1.82) is 0 Å². The number of nitrogens with zero attached hydrogens (tertiary/aromatic N) is 1. The monoisotopic (exact) mass is 241 g/mol. The van der Waals surface area contributed by atoms with Crippen molar-refractivity contribution >= 4 is 23.6 Å². The number of hydrogen-bond donors (Lipinski definition) is 1. The van der Waals surface area contributed by atoms with Crippen LogP contribution >= 0.6 is 11.8 Å². The fourth-order valence-corrected chi connectivity index (χ4v) is 4.17. The van der Waals surface area contributed by atoms with Gasteiger partial charge < -0.3 is 10.0 Å². The number of fused-ring (bicyclic) bond motifs is 1. The summed E-state index contributed by atoms with van der Waals surface area (Å²) in [5.74, 6) is 1.98. The Morgan fingerprint density at radius 1 is 1.19 bits per heavy atom. The molecule has 16 heavy (non-hydrogen) atoms. The topological polar surface area (TPSA) is 57.6 Å². The van der Waals surface area contributed by atoms with E-state index in [9.17, 15) is 9.59 Å². The molecule has 1 N–H and O–H groups in total. The predicted molar refractivity (Wildman–Crippen MR) is 59.9 cm³/mol. The number of thioether (sulfide) groups is 1. The van der Waals surface area contributed by atoms with Gasteiger partial charge in [0.05, 0.1) is 5.88 Å². The Morgan fingerprint density at radius 2 is 1.88 bits per heavy atom. The van der Waals surface area contributed by atoms with E-state index in [1.807, 2.05) is 0 Å². The molecule has 0 bridgehead atoms. The van der Waals surface area contributed by atoms with Crippen LogP contribution in [-0.4, -0.2) is 39.6 Å². The lowest BCUT2D eigenvalue weighted by molar-refractivity contribution is -0.149. The van der Waals surface area contributed by atoms with Crippen LogP contribution in [0.15, 0.2) is 0 Å². The molecule has 2 aliphatic carbocycles. The maximum atomic E-state index is 12.2. The summed E-state index contributed by atoms with van der Waals surface area (Å²) in [5, 5.41) is 9.03. The third kappa shape index (κ3) is 1.61. The molecular formula is C11H15NO3S. The normalized spacial score (nSPS) is 40.9. The summed E-state index contributed by atoms with van der Waals surface area (Å²) in [7, 11) is 0. The van der Waals surface area contributed by atoms with Crippen LogP contribution in [0.1, 0.15) is 19.3 Å². The third-order valence-corrected chi connectivity index (χ3v) is 5.06. The van der Waals surface area contributed by atoms with Crippen molar-refractivity contribution in [3.05, 3.63) is 0 Å². The number of carbonyl (C=O) groups excluding carboxylic acids is 1. The standard InChI is InChI=1S/C11H15NO3S/c13-10(8-2-6-1-7(6)3-8)12-5-16-4-9(12)11(14)15/h6-9H,1-5H2,(H,14,15). The summed E-state index contributed by atoms with van der Waals surface area (Å²) >= 11 is 1.54. The van der Waals surface area contributed by atoms with E-state index in [0.717, 1.165) is 24.7 Å². The second-order valence-electron chi connectivity index (χ2n) is 5.09. The van der Waals surface area contributed by atoms with Crippen LogP contribution in [0.5, 0.6) is 0 Å². The molecule has 0 aromatic rings. The molecule has 1 heterocycles. The maximum Gasteiger partial charge on any atom is 0.327 e. The fraction of sp³-hybridized carbons (Fsp3) is 0.818. The Balaban J connectivity index is 1.67. The summed E-state index contributed by atoms with van der Waals surface area (Å²) in [6.07, 6.45) is 3.29. The highest BCUT2D eigenvalue weighted by molar-refractivity contribution is 7.99. The molecule has 1 saturated heterocycles. The Kier molecular flexibility index (Phi) is 2.38. The van der Waals surface area contributed by atoms with Gasteiger partial charge in [0.25, 0.3) is 0 Å². The lowest BCUT2D eigenvalue weighted by atomic mass is 10.0. The first-order valence-electron chi connectivity index (χ1n) is 5.78. The first-order chi connectivity index (χ1) is 7.66. The largest absolute Gasteiger partial charge is 0.480 e. The van der Waals surface area contributed by atoms with E-state index in [1.165, 1.54) is 6.42 Å². The zero-order valence-corrected chi connectivity index (χ0v) is 9.78. The Morgan fingerprint density at radius 3 is 2.50 bits per heavy atom. The lowest BCUT2D eigenvalue weighted by Crippen LogP contribution is -2.44. The third-order valence-electron chi connectivity index (χ3n) is 4.04. The van der Waals surface area contributed by atoms with Gasteiger partial charge in [-0.25, -0.2) is 4.79 Å². The average Bonchev–Trinajstić information content (AvgIpc) is 2.72. The van der Waals surface area contributed by atoms with Gasteiger partial charge in [-0.1, -0.05) is 0 Å². The number of hydrogen-bond acceptors (Lipinski definition) is 3. The number of carbonyl (C=O) groups is 2. The van der Waals surface area contributed by atoms with E-state index in [-0.39, 0.29) is 11.8 Å². The van der Waals surface area contributed by atoms with Crippen molar-refractivity contribution in [2.24, 2.45) is 17.8 Å². The van der Waals surface area contributed by atoms with Gasteiger partial charge in [0.1, 0.15) is 6.04 Å². The van der Waals surface area contributed by atoms with Crippen LogP contribution in [-0.2, 0) is 9.59 Å². The van der Waals surface area contributed by atoms with Gasteiger partial charge in [-0.3, -0.25) is 4.79 Å². The molecule has 1 amide bonds. The molecule has 88 valence electrons. The molecule has 0 aromatic carbocycles. The maximum absolute atomic E-state index is 12.2. The zero-order valence-electron chi connectivity index (χ0n) is 8.96. The first-order valence-corrected chi connectivity index (χ1v) is 6.93. The molecule has 3 fully saturated rings. The molecule has 3 rings (SSSR count). The summed E-state index contributed by atoms with van der Waals surface area (Å²) < 4.78 is 0. The molecule has 3 aliphatic rings. The van der Waals surface area contributed by atoms with Gasteiger partial charge >= 0.3 is 5.97 Å². The Bertz CT molecular complexity index is 336. The molecule has 0 radical (unpaired) electrons. The minimum absolute atomic E-state index is 0.0876. The summed E-state index contributed by atoms with van der Waals surface area (Å²) in [6.45, 7) is 0. The number of rotatable bonds is 2. The van der Waals surface area contributed by atoms with Crippen LogP contribution in [0.3, 0.4) is 0 Å². The van der Waals surface area contributed by atoms with Crippen LogP contribution in [0.25, 0.3) is 0 Å². The van der Waals surface area contributed by atoms with E-state index < -0.39 is 12.0 Å². The molecule has 0 aromatic heterocycles. The molecule has 4 nitrogen and oxygen atoms in total. The van der Waals surface area contributed by atoms with Gasteiger partial charge in [0.15, 0.2) is 0 Å². The first kappa shape index (κ1) is 10.4. The van der Waals surface area contributed by atoms with Crippen LogP contribution < -0.4 is 0 Å². The zero-order chi connectivity index (χ0) is 11.3. The van der Waals surface area contributed by atoms with Crippen molar-refractivity contribution in [3.63, 3.8) is 0 Å². The van der Waals surface area contributed by atoms with Crippen LogP contribution in [0, 0.1) is 17.8 Å². The summed E-state index contributed by atoms with van der Waals surface area (Å²) in [5.41, 5.74) is 0. The minimum atomic E-state index is -0.860. The van der Waals surface area contributed by atoms with Crippen LogP contribution in [0.4, 0.5) is 0 Å². The second-order valence-corrected chi connectivity index (χ2v) is 6.09. The molecular weight excluding hydrogens is 226 g/mol. The molecule has 3 unspecified atom stereocenters. The van der Waals surface area contributed by atoms with Crippen molar-refractivity contribution in [3.8, 4) is 0 Å². The number of aliphatic carboxylic acids is 1. The summed E-state index contributed by atoms with van der Waals surface area (Å²) in [6, 6.07) is -0.588. The fourth-order valence-electron chi connectivity index (χ4n) is 3.02. The van der Waals surface area contributed by atoms with Gasteiger partial charge in [-0.15, -0.1) is 11.8 Å². The molecule has 0 spiro atoms. The Hall–Kier alpha value is -0.710. The highest BCUT2D eigenvalue weighted by atomic mass is 32.2. The summed E-state index contributed by atoms with van der Waals surface area (Å²) in [4.78, 5) is 24.7. The van der Waals surface area contributed by atoms with E-state index in [4.69, 9.17) is 5.11 Å². The van der Waals surface area contributed by atoms with Crippen molar-refractivity contribution in [2.75, 3.05) is 11.6 Å². The highest BCUT2D eigenvalue weighted by Crippen LogP contribution is 2.54. The molecule has 5 heteroatoms. The second kappa shape index (κ2) is 3.65. The quantitative estimate of drug-likeness (QED) is 0.784. The SMILES string of the molecule is O=C(O)C1CSCN1C(=O)C1CC2CC2C1. The smallest absolute Gasteiger partial charge is 0.327 e. The van der Waals surface area contributed by atoms with Crippen molar-refractivity contribution < 1.29 is 14.7 Å². The lowest BCUT2D eigenvalue weighted by Gasteiger charge is -2.24. The average molecular weight is 241 g/mol. The van der Waals surface area contributed by atoms with Crippen molar-refractivity contribution in [2.45, 2.75) is 25.3 Å². The highest BCUT2D eigenvalue weighted by Gasteiger charge is 2.50. The number of amides is 1. The van der Waals surface area contributed by atoms with Gasteiger partial charge in [-0.2, -0.15) is 0 Å². The van der Waals surface area contributed by atoms with E-state index >= 15 is 0 Å². The van der Waals surface area contributed by atoms with E-state index in [0.29, 0.717) is 11.6 Å². The van der Waals surface area contributed by atoms with Crippen molar-refractivity contribution in [1.82, 2.24) is 4.90 Å². The number of carboxylic acids is 1. The van der Waals surface area contributed by atoms with E-state index in [2.05, 4.69) is 0 Å². The number of carboxylic acid groups (broad SMARTS) is 1. The molecule has 2 saturated carbocycles. The van der Waals surface area contributed by atoms with Gasteiger partial charge in [-0.05, 0) is 31.1 Å².